The van der Waals surface area contributed by atoms with Crippen LogP contribution < -0.4 is 9.47 Å². The molecule has 0 atom stereocenters. The Balaban J connectivity index is 3.69. The van der Waals surface area contributed by atoms with E-state index in [0.717, 1.165) is 0 Å². The minimum atomic E-state index is -1.59. The highest BCUT2D eigenvalue weighted by Crippen LogP contribution is 2.41. The van der Waals surface area contributed by atoms with Crippen LogP contribution in [-0.4, -0.2) is 31.1 Å². The number of hydrogen-bond acceptors (Lipinski definition) is 4. The molecular formula is C13H15ClO5. The van der Waals surface area contributed by atoms with E-state index in [1.54, 1.807) is 6.07 Å². The molecule has 0 saturated heterocycles. The fraction of sp³-hybridized carbons (Fsp3) is 0.385. The van der Waals surface area contributed by atoms with Crippen molar-refractivity contribution in [2.45, 2.75) is 19.8 Å². The first-order chi connectivity index (χ1) is 8.84. The minimum absolute atomic E-state index is 0.00708. The van der Waals surface area contributed by atoms with Crippen molar-refractivity contribution >= 4 is 23.4 Å². The van der Waals surface area contributed by atoms with Crippen LogP contribution in [0.4, 0.5) is 0 Å². The molecule has 0 bridgehead atoms. The Bertz CT molecular complexity index is 522. The fourth-order valence-corrected chi connectivity index (χ4v) is 2.17. The van der Waals surface area contributed by atoms with E-state index in [1.165, 1.54) is 14.2 Å². The van der Waals surface area contributed by atoms with Crippen LogP contribution >= 0.6 is 11.6 Å². The van der Waals surface area contributed by atoms with Crippen LogP contribution in [0.25, 0.3) is 0 Å². The van der Waals surface area contributed by atoms with Crippen LogP contribution in [0.3, 0.4) is 0 Å². The van der Waals surface area contributed by atoms with Crippen LogP contribution in [0, 0.1) is 0 Å². The smallest absolute Gasteiger partial charge is 0.377 e. The molecule has 0 aliphatic rings. The topological polar surface area (TPSA) is 72.8 Å². The second-order valence-electron chi connectivity index (χ2n) is 4.18. The molecule has 1 aromatic rings. The lowest BCUT2D eigenvalue weighted by molar-refractivity contribution is -0.131. The number of methoxy groups -OCH3 is 2. The summed E-state index contributed by atoms with van der Waals surface area (Å²) in [6.45, 7) is 3.75. The highest BCUT2D eigenvalue weighted by molar-refractivity contribution is 6.46. The Morgan fingerprint density at radius 3 is 2.21 bits per heavy atom. The van der Waals surface area contributed by atoms with E-state index in [9.17, 15) is 9.59 Å². The number of ketones is 1. The second-order valence-corrected chi connectivity index (χ2v) is 4.56. The summed E-state index contributed by atoms with van der Waals surface area (Å²) in [7, 11) is 2.73. The van der Waals surface area contributed by atoms with Gasteiger partial charge < -0.3 is 14.6 Å². The van der Waals surface area contributed by atoms with Crippen LogP contribution in [-0.2, 0) is 4.79 Å². The minimum Gasteiger partial charge on any atom is -0.493 e. The highest BCUT2D eigenvalue weighted by Gasteiger charge is 2.28. The Kier molecular flexibility index (Phi) is 4.78. The van der Waals surface area contributed by atoms with Crippen molar-refractivity contribution in [2.75, 3.05) is 14.2 Å². The third kappa shape index (κ3) is 2.81. The maximum absolute atomic E-state index is 11.8. The number of Topliss-reactive ketones (excluding diaryl/α,β-unsaturated/α-hetero) is 1. The van der Waals surface area contributed by atoms with E-state index < -0.39 is 11.8 Å². The molecule has 0 spiro atoms. The number of carboxylic acids is 1. The van der Waals surface area contributed by atoms with Crippen molar-refractivity contribution in [3.63, 3.8) is 0 Å². The summed E-state index contributed by atoms with van der Waals surface area (Å²) < 4.78 is 10.2. The quantitative estimate of drug-likeness (QED) is 0.665. The Morgan fingerprint density at radius 2 is 1.84 bits per heavy atom. The monoisotopic (exact) mass is 286 g/mol. The molecule has 0 fully saturated rings. The van der Waals surface area contributed by atoms with Gasteiger partial charge in [0.25, 0.3) is 5.78 Å². The third-order valence-corrected chi connectivity index (χ3v) is 3.08. The van der Waals surface area contributed by atoms with Crippen molar-refractivity contribution in [3.8, 4) is 11.5 Å². The summed E-state index contributed by atoms with van der Waals surface area (Å²) in [5.74, 6) is -2.40. The van der Waals surface area contributed by atoms with Gasteiger partial charge in [-0.1, -0.05) is 25.4 Å². The second kappa shape index (κ2) is 5.93. The van der Waals surface area contributed by atoms with Gasteiger partial charge in [-0.2, -0.15) is 0 Å². The summed E-state index contributed by atoms with van der Waals surface area (Å²) in [5.41, 5.74) is 0.448. The lowest BCUT2D eigenvalue weighted by atomic mass is 9.97. The molecule has 0 saturated carbocycles. The summed E-state index contributed by atoms with van der Waals surface area (Å²) in [4.78, 5) is 22.7. The molecule has 0 radical (unpaired) electrons. The lowest BCUT2D eigenvalue weighted by Crippen LogP contribution is -2.16. The third-order valence-electron chi connectivity index (χ3n) is 2.68. The number of carbonyl (C=O) groups excluding carboxylic acids is 1. The molecule has 19 heavy (non-hydrogen) atoms. The fourth-order valence-electron chi connectivity index (χ4n) is 1.72. The standard InChI is InChI=1S/C13H15ClO5/c1-6(2)7-5-8(18-3)12(19-4)9(10(7)14)11(15)13(16)17/h5-6H,1-4H3,(H,16,17). The van der Waals surface area contributed by atoms with Gasteiger partial charge in [0.1, 0.15) is 0 Å². The highest BCUT2D eigenvalue weighted by atomic mass is 35.5. The van der Waals surface area contributed by atoms with Crippen molar-refractivity contribution in [3.05, 3.63) is 22.2 Å². The van der Waals surface area contributed by atoms with E-state index in [2.05, 4.69) is 0 Å². The van der Waals surface area contributed by atoms with Gasteiger partial charge in [-0.05, 0) is 17.5 Å². The van der Waals surface area contributed by atoms with Crippen molar-refractivity contribution in [1.29, 1.82) is 0 Å². The van der Waals surface area contributed by atoms with Crippen LogP contribution in [0.2, 0.25) is 5.02 Å². The first kappa shape index (κ1) is 15.3. The Morgan fingerprint density at radius 1 is 1.26 bits per heavy atom. The number of hydrogen-bond donors (Lipinski definition) is 1. The number of benzene rings is 1. The normalized spacial score (nSPS) is 10.4. The SMILES string of the molecule is COc1cc(C(C)C)c(Cl)c(C(=O)C(=O)O)c1OC. The van der Waals surface area contributed by atoms with Crippen LogP contribution in [0.1, 0.15) is 35.7 Å². The molecule has 1 rings (SSSR count). The van der Waals surface area contributed by atoms with Gasteiger partial charge in [-0.15, -0.1) is 0 Å². The predicted octanol–water partition coefficient (Wildman–Crippen LogP) is 2.75. The number of carboxylic acid groups (broad SMARTS) is 1. The lowest BCUT2D eigenvalue weighted by Gasteiger charge is -2.17. The number of aliphatic carboxylic acids is 1. The molecule has 104 valence electrons. The molecule has 0 unspecified atom stereocenters. The predicted molar refractivity (Wildman–Crippen MR) is 70.6 cm³/mol. The summed E-state index contributed by atoms with van der Waals surface area (Å²) in [6.07, 6.45) is 0. The number of carbonyl (C=O) groups is 2. The molecule has 0 aromatic heterocycles. The van der Waals surface area contributed by atoms with E-state index in [-0.39, 0.29) is 28.0 Å². The zero-order valence-electron chi connectivity index (χ0n) is 11.1. The van der Waals surface area contributed by atoms with Crippen LogP contribution in [0.5, 0.6) is 11.5 Å². The molecule has 0 amide bonds. The van der Waals surface area contributed by atoms with E-state index in [0.29, 0.717) is 5.56 Å². The van der Waals surface area contributed by atoms with Crippen LogP contribution in [0.15, 0.2) is 6.07 Å². The first-order valence-electron chi connectivity index (χ1n) is 5.57. The zero-order valence-corrected chi connectivity index (χ0v) is 11.9. The van der Waals surface area contributed by atoms with E-state index in [1.807, 2.05) is 13.8 Å². The van der Waals surface area contributed by atoms with Gasteiger partial charge in [0.15, 0.2) is 11.5 Å². The van der Waals surface area contributed by atoms with E-state index in [4.69, 9.17) is 26.2 Å². The number of rotatable bonds is 5. The largest absolute Gasteiger partial charge is 0.493 e. The number of halogens is 1. The maximum atomic E-state index is 11.8. The molecule has 6 heteroatoms. The molecule has 1 aromatic carbocycles. The Labute approximate surface area is 116 Å². The molecular weight excluding hydrogens is 272 g/mol. The van der Waals surface area contributed by atoms with Gasteiger partial charge >= 0.3 is 5.97 Å². The van der Waals surface area contributed by atoms with Crippen molar-refractivity contribution in [2.24, 2.45) is 0 Å². The molecule has 0 aliphatic carbocycles. The molecule has 5 nitrogen and oxygen atoms in total. The summed E-state index contributed by atoms with van der Waals surface area (Å²) >= 11 is 6.14. The zero-order chi connectivity index (χ0) is 14.7. The maximum Gasteiger partial charge on any atom is 0.377 e. The molecule has 1 N–H and O–H groups in total. The van der Waals surface area contributed by atoms with Gasteiger partial charge in [-0.25, -0.2) is 4.79 Å². The Hall–Kier alpha value is -1.75. The van der Waals surface area contributed by atoms with E-state index >= 15 is 0 Å². The first-order valence-corrected chi connectivity index (χ1v) is 5.94. The van der Waals surface area contributed by atoms with Gasteiger partial charge in [-0.3, -0.25) is 4.79 Å². The average Bonchev–Trinajstić information content (AvgIpc) is 2.36. The molecule has 0 aliphatic heterocycles. The average molecular weight is 287 g/mol. The molecule has 0 heterocycles. The van der Waals surface area contributed by atoms with Crippen molar-refractivity contribution < 1.29 is 24.2 Å². The number of ether oxygens (including phenoxy) is 2. The van der Waals surface area contributed by atoms with Gasteiger partial charge in [0.05, 0.1) is 24.8 Å². The summed E-state index contributed by atoms with van der Waals surface area (Å²) in [6, 6.07) is 1.64. The summed E-state index contributed by atoms with van der Waals surface area (Å²) in [5, 5.41) is 8.95. The van der Waals surface area contributed by atoms with Crippen molar-refractivity contribution in [1.82, 2.24) is 0 Å². The van der Waals surface area contributed by atoms with Gasteiger partial charge in [0, 0.05) is 0 Å². The van der Waals surface area contributed by atoms with Gasteiger partial charge in [0.2, 0.25) is 0 Å².